The van der Waals surface area contributed by atoms with Gasteiger partial charge in [-0.1, -0.05) is 40.9 Å². The monoisotopic (exact) mass is 638 g/mol. The van der Waals surface area contributed by atoms with E-state index in [0.29, 0.717) is 50.8 Å². The SMILES string of the molecule is O=C(C=Cc1ccc(-c2cccc(Cl)c2Cl)o1)NC(=S)Nc1ccc(N2CCN(C(=O)c3ccc(Cl)cc3)CC2)cc1. The van der Waals surface area contributed by atoms with Crippen molar-refractivity contribution in [1.29, 1.82) is 0 Å². The van der Waals surface area contributed by atoms with Crippen LogP contribution < -0.4 is 15.5 Å². The summed E-state index contributed by atoms with van der Waals surface area (Å²) in [5.41, 5.74) is 3.07. The number of carbonyl (C=O) groups excluding carboxylic acids is 2. The molecular weight excluding hydrogens is 615 g/mol. The largest absolute Gasteiger partial charge is 0.457 e. The fourth-order valence-electron chi connectivity index (χ4n) is 4.45. The summed E-state index contributed by atoms with van der Waals surface area (Å²) in [7, 11) is 0. The highest BCUT2D eigenvalue weighted by atomic mass is 35.5. The van der Waals surface area contributed by atoms with Crippen molar-refractivity contribution in [2.75, 3.05) is 36.4 Å². The van der Waals surface area contributed by atoms with E-state index in [4.69, 9.17) is 51.4 Å². The van der Waals surface area contributed by atoms with E-state index in [-0.39, 0.29) is 11.0 Å². The van der Waals surface area contributed by atoms with E-state index in [1.54, 1.807) is 54.6 Å². The van der Waals surface area contributed by atoms with Gasteiger partial charge in [0.25, 0.3) is 5.91 Å². The fourth-order valence-corrected chi connectivity index (χ4v) is 5.19. The van der Waals surface area contributed by atoms with Crippen LogP contribution in [-0.4, -0.2) is 48.0 Å². The Labute approximate surface area is 263 Å². The van der Waals surface area contributed by atoms with Gasteiger partial charge in [-0.3, -0.25) is 14.9 Å². The highest BCUT2D eigenvalue weighted by Crippen LogP contribution is 2.34. The number of nitrogens with zero attached hydrogens (tertiary/aromatic N) is 2. The average molecular weight is 640 g/mol. The standard InChI is InChI=1S/C31H25Cl3N4O3S/c32-21-6-4-20(5-7-21)30(40)38-18-16-37(17-19-38)23-10-8-22(9-11-23)35-31(42)36-28(39)15-13-24-12-14-27(41-24)25-2-1-3-26(33)29(25)34/h1-15H,16-19H2,(H2,35,36,39,42). The Kier molecular flexibility index (Phi) is 9.49. The van der Waals surface area contributed by atoms with Crippen LogP contribution >= 0.6 is 47.0 Å². The summed E-state index contributed by atoms with van der Waals surface area (Å²) in [5, 5.41) is 7.24. The molecule has 1 saturated heterocycles. The van der Waals surface area contributed by atoms with Crippen molar-refractivity contribution in [1.82, 2.24) is 10.2 Å². The molecule has 11 heteroatoms. The van der Waals surface area contributed by atoms with E-state index in [0.717, 1.165) is 24.5 Å². The van der Waals surface area contributed by atoms with E-state index in [1.165, 1.54) is 12.2 Å². The molecule has 1 aliphatic rings. The van der Waals surface area contributed by atoms with Crippen molar-refractivity contribution in [2.24, 2.45) is 0 Å². The van der Waals surface area contributed by atoms with Crippen molar-refractivity contribution in [3.63, 3.8) is 0 Å². The second-order valence-corrected chi connectivity index (χ2v) is 11.0. The van der Waals surface area contributed by atoms with Crippen LogP contribution in [0.1, 0.15) is 16.1 Å². The van der Waals surface area contributed by atoms with E-state index < -0.39 is 5.91 Å². The minimum absolute atomic E-state index is 0.00707. The summed E-state index contributed by atoms with van der Waals surface area (Å²) in [5.74, 6) is 0.610. The molecule has 2 N–H and O–H groups in total. The molecule has 2 heterocycles. The van der Waals surface area contributed by atoms with Gasteiger partial charge in [0.2, 0.25) is 5.91 Å². The first-order valence-electron chi connectivity index (χ1n) is 13.0. The number of hydrogen-bond acceptors (Lipinski definition) is 5. The van der Waals surface area contributed by atoms with Crippen LogP contribution in [0.4, 0.5) is 11.4 Å². The molecule has 0 unspecified atom stereocenters. The van der Waals surface area contributed by atoms with E-state index in [2.05, 4.69) is 15.5 Å². The molecule has 5 rings (SSSR count). The summed E-state index contributed by atoms with van der Waals surface area (Å²) < 4.78 is 5.77. The quantitative estimate of drug-likeness (QED) is 0.169. The summed E-state index contributed by atoms with van der Waals surface area (Å²) in [6.07, 6.45) is 2.87. The number of furan rings is 1. The van der Waals surface area contributed by atoms with Crippen LogP contribution in [0, 0.1) is 0 Å². The number of thiocarbonyl (C=S) groups is 1. The van der Waals surface area contributed by atoms with Crippen molar-refractivity contribution in [3.05, 3.63) is 111 Å². The number of halogens is 3. The van der Waals surface area contributed by atoms with E-state index >= 15 is 0 Å². The maximum Gasteiger partial charge on any atom is 0.253 e. The van der Waals surface area contributed by atoms with Crippen molar-refractivity contribution < 1.29 is 14.0 Å². The number of nitrogens with one attached hydrogen (secondary N) is 2. The van der Waals surface area contributed by atoms with Crippen LogP contribution in [0.3, 0.4) is 0 Å². The highest BCUT2D eigenvalue weighted by Gasteiger charge is 2.22. The summed E-state index contributed by atoms with van der Waals surface area (Å²) in [6.45, 7) is 2.68. The Balaban J connectivity index is 1.09. The number of carbonyl (C=O) groups is 2. The lowest BCUT2D eigenvalue weighted by Gasteiger charge is -2.36. The van der Waals surface area contributed by atoms with Crippen LogP contribution in [0.15, 0.2) is 89.4 Å². The second-order valence-electron chi connectivity index (χ2n) is 9.41. The molecule has 4 aromatic rings. The summed E-state index contributed by atoms with van der Waals surface area (Å²) in [4.78, 5) is 29.2. The van der Waals surface area contributed by atoms with Gasteiger partial charge in [-0.2, -0.15) is 0 Å². The molecule has 3 aromatic carbocycles. The predicted octanol–water partition coefficient (Wildman–Crippen LogP) is 7.40. The molecule has 214 valence electrons. The third-order valence-electron chi connectivity index (χ3n) is 6.63. The van der Waals surface area contributed by atoms with Gasteiger partial charge in [-0.25, -0.2) is 0 Å². The molecule has 2 amide bonds. The lowest BCUT2D eigenvalue weighted by Crippen LogP contribution is -2.48. The molecular formula is C31H25Cl3N4O3S. The second kappa shape index (κ2) is 13.4. The molecule has 0 saturated carbocycles. The van der Waals surface area contributed by atoms with Gasteiger partial charge in [0.05, 0.1) is 10.0 Å². The summed E-state index contributed by atoms with van der Waals surface area (Å²) in [6, 6.07) is 23.5. The smallest absolute Gasteiger partial charge is 0.253 e. The highest BCUT2D eigenvalue weighted by molar-refractivity contribution is 7.80. The molecule has 1 aromatic heterocycles. The predicted molar refractivity (Wildman–Crippen MR) is 174 cm³/mol. The Morgan fingerprint density at radius 2 is 1.57 bits per heavy atom. The Hall–Kier alpha value is -3.82. The van der Waals surface area contributed by atoms with Gasteiger partial charge in [-0.15, -0.1) is 0 Å². The normalized spacial score (nSPS) is 13.3. The van der Waals surface area contributed by atoms with E-state index in [1.807, 2.05) is 29.2 Å². The van der Waals surface area contributed by atoms with Gasteiger partial charge >= 0.3 is 0 Å². The Morgan fingerprint density at radius 1 is 0.857 bits per heavy atom. The number of rotatable bonds is 6. The number of amides is 2. The molecule has 0 aliphatic carbocycles. The zero-order valence-electron chi connectivity index (χ0n) is 22.1. The fraction of sp³-hybridized carbons (Fsp3) is 0.129. The van der Waals surface area contributed by atoms with Crippen LogP contribution in [0.2, 0.25) is 15.1 Å². The number of benzene rings is 3. The molecule has 0 atom stereocenters. The zero-order chi connectivity index (χ0) is 29.6. The number of hydrogen-bond donors (Lipinski definition) is 2. The zero-order valence-corrected chi connectivity index (χ0v) is 25.2. The minimum atomic E-state index is -0.408. The number of anilines is 2. The lowest BCUT2D eigenvalue weighted by molar-refractivity contribution is -0.115. The molecule has 0 bridgehead atoms. The molecule has 0 spiro atoms. The van der Waals surface area contributed by atoms with Crippen LogP contribution in [0.25, 0.3) is 17.4 Å². The first kappa shape index (κ1) is 29.7. The maximum atomic E-state index is 12.8. The van der Waals surface area contributed by atoms with Crippen LogP contribution in [-0.2, 0) is 4.79 Å². The molecule has 7 nitrogen and oxygen atoms in total. The van der Waals surface area contributed by atoms with Crippen molar-refractivity contribution >= 4 is 81.4 Å². The van der Waals surface area contributed by atoms with Crippen molar-refractivity contribution in [2.45, 2.75) is 0 Å². The summed E-state index contributed by atoms with van der Waals surface area (Å²) >= 11 is 23.6. The third kappa shape index (κ3) is 7.33. The topological polar surface area (TPSA) is 77.8 Å². The molecule has 42 heavy (non-hydrogen) atoms. The Bertz CT molecular complexity index is 1630. The van der Waals surface area contributed by atoms with Gasteiger partial charge in [0.1, 0.15) is 11.5 Å². The molecule has 0 radical (unpaired) electrons. The maximum absolute atomic E-state index is 12.8. The first-order chi connectivity index (χ1) is 20.3. The molecule has 1 aliphatic heterocycles. The van der Waals surface area contributed by atoms with Crippen molar-refractivity contribution in [3.8, 4) is 11.3 Å². The average Bonchev–Trinajstić information content (AvgIpc) is 3.47. The Morgan fingerprint density at radius 3 is 2.29 bits per heavy atom. The first-order valence-corrected chi connectivity index (χ1v) is 14.5. The third-order valence-corrected chi connectivity index (χ3v) is 7.90. The van der Waals surface area contributed by atoms with Crippen LogP contribution in [0.5, 0.6) is 0 Å². The lowest BCUT2D eigenvalue weighted by atomic mass is 10.1. The number of piperazine rings is 1. The van der Waals surface area contributed by atoms with E-state index in [9.17, 15) is 9.59 Å². The van der Waals surface area contributed by atoms with Gasteiger partial charge < -0.3 is 19.5 Å². The van der Waals surface area contributed by atoms with Gasteiger partial charge in [0.15, 0.2) is 5.11 Å². The minimum Gasteiger partial charge on any atom is -0.457 e. The van der Waals surface area contributed by atoms with Gasteiger partial charge in [-0.05, 0) is 91.1 Å². The van der Waals surface area contributed by atoms with Gasteiger partial charge in [0, 0.05) is 59.8 Å². The molecule has 1 fully saturated rings.